The van der Waals surface area contributed by atoms with Gasteiger partial charge in [0.25, 0.3) is 0 Å². The minimum atomic E-state index is -1.30. The zero-order valence-electron chi connectivity index (χ0n) is 21.5. The number of benzene rings is 3. The van der Waals surface area contributed by atoms with E-state index in [1.807, 2.05) is 42.5 Å². The number of amides is 3. The number of primary amides is 1. The van der Waals surface area contributed by atoms with Gasteiger partial charge in [0.1, 0.15) is 17.4 Å². The molecule has 198 valence electrons. The topological polar surface area (TPSA) is 110 Å². The molecule has 1 aliphatic rings. The maximum atomic E-state index is 13.8. The van der Waals surface area contributed by atoms with Gasteiger partial charge in [0.05, 0.1) is 6.04 Å². The van der Waals surface area contributed by atoms with Gasteiger partial charge < -0.3 is 21.3 Å². The summed E-state index contributed by atoms with van der Waals surface area (Å²) in [7, 11) is 0. The predicted octanol–water partition coefficient (Wildman–Crippen LogP) is 2.95. The number of halogens is 1. The van der Waals surface area contributed by atoms with Crippen LogP contribution in [0.5, 0.6) is 0 Å². The van der Waals surface area contributed by atoms with Crippen LogP contribution in [0.1, 0.15) is 24.5 Å². The summed E-state index contributed by atoms with van der Waals surface area (Å²) in [6.45, 7) is 5.76. The first-order valence-electron chi connectivity index (χ1n) is 12.6. The summed E-state index contributed by atoms with van der Waals surface area (Å²) in [4.78, 5) is 42.9. The molecule has 8 heteroatoms. The van der Waals surface area contributed by atoms with E-state index in [0.717, 1.165) is 16.3 Å². The Hall–Kier alpha value is -4.04. The third kappa shape index (κ3) is 5.45. The van der Waals surface area contributed by atoms with Crippen LogP contribution in [0.3, 0.4) is 0 Å². The summed E-state index contributed by atoms with van der Waals surface area (Å²) in [5.41, 5.74) is 12.4. The molecule has 38 heavy (non-hydrogen) atoms. The monoisotopic (exact) mass is 516 g/mol. The lowest BCUT2D eigenvalue weighted by molar-refractivity contribution is -0.160. The van der Waals surface area contributed by atoms with Crippen LogP contribution in [-0.4, -0.2) is 58.2 Å². The Labute approximate surface area is 221 Å². The minimum Gasteiger partial charge on any atom is -0.368 e. The molecular weight excluding hydrogens is 483 g/mol. The number of carbonyl (C=O) groups is 3. The first kappa shape index (κ1) is 27.0. The van der Waals surface area contributed by atoms with Crippen LogP contribution in [0.25, 0.3) is 10.8 Å². The van der Waals surface area contributed by atoms with Crippen molar-refractivity contribution in [1.29, 1.82) is 0 Å². The number of nitrogens with zero attached hydrogens (tertiary/aromatic N) is 2. The molecule has 3 amide bonds. The van der Waals surface area contributed by atoms with Crippen molar-refractivity contribution in [3.8, 4) is 0 Å². The zero-order valence-corrected chi connectivity index (χ0v) is 21.5. The van der Waals surface area contributed by atoms with Crippen molar-refractivity contribution in [3.05, 3.63) is 96.3 Å². The molecule has 3 unspecified atom stereocenters. The molecule has 1 saturated heterocycles. The lowest BCUT2D eigenvalue weighted by atomic mass is 9.87. The second kappa shape index (κ2) is 11.1. The summed E-state index contributed by atoms with van der Waals surface area (Å²) in [6.07, 6.45) is 2.21. The highest BCUT2D eigenvalue weighted by atomic mass is 19.1. The summed E-state index contributed by atoms with van der Waals surface area (Å²) >= 11 is 0. The normalized spacial score (nSPS) is 18.2. The largest absolute Gasteiger partial charge is 0.368 e. The van der Waals surface area contributed by atoms with Gasteiger partial charge in [-0.3, -0.25) is 14.4 Å². The van der Waals surface area contributed by atoms with Gasteiger partial charge in [-0.15, -0.1) is 6.58 Å². The number of fused-ring (bicyclic) bond motifs is 1. The molecule has 3 atom stereocenters. The van der Waals surface area contributed by atoms with Crippen LogP contribution in [0.4, 0.5) is 4.39 Å². The Morgan fingerprint density at radius 2 is 1.74 bits per heavy atom. The van der Waals surface area contributed by atoms with Gasteiger partial charge in [0, 0.05) is 19.5 Å². The van der Waals surface area contributed by atoms with Crippen LogP contribution in [0.2, 0.25) is 0 Å². The van der Waals surface area contributed by atoms with Crippen LogP contribution in [0.15, 0.2) is 79.4 Å². The average Bonchev–Trinajstić information content (AvgIpc) is 2.90. The van der Waals surface area contributed by atoms with Crippen molar-refractivity contribution in [1.82, 2.24) is 9.80 Å². The van der Waals surface area contributed by atoms with E-state index in [2.05, 4.69) is 6.58 Å². The van der Waals surface area contributed by atoms with E-state index < -0.39 is 23.5 Å². The molecule has 0 bridgehead atoms. The van der Waals surface area contributed by atoms with Gasteiger partial charge in [0.2, 0.25) is 17.7 Å². The Bertz CT molecular complexity index is 1360. The number of rotatable bonds is 9. The van der Waals surface area contributed by atoms with E-state index in [1.54, 1.807) is 25.1 Å². The third-order valence-corrected chi connectivity index (χ3v) is 7.34. The van der Waals surface area contributed by atoms with Gasteiger partial charge in [-0.2, -0.15) is 0 Å². The van der Waals surface area contributed by atoms with Gasteiger partial charge in [-0.1, -0.05) is 60.7 Å². The van der Waals surface area contributed by atoms with Crippen LogP contribution in [-0.2, 0) is 27.2 Å². The average molecular weight is 517 g/mol. The number of nitrogens with two attached hydrogens (primary N) is 2. The van der Waals surface area contributed by atoms with Crippen molar-refractivity contribution in [3.63, 3.8) is 0 Å². The zero-order chi connectivity index (χ0) is 27.4. The van der Waals surface area contributed by atoms with Gasteiger partial charge in [-0.05, 0) is 53.8 Å². The van der Waals surface area contributed by atoms with Crippen LogP contribution < -0.4 is 11.5 Å². The van der Waals surface area contributed by atoms with E-state index in [4.69, 9.17) is 11.5 Å². The molecule has 4 rings (SSSR count). The molecule has 0 saturated carbocycles. The smallest absolute Gasteiger partial charge is 0.246 e. The highest BCUT2D eigenvalue weighted by molar-refractivity contribution is 5.96. The van der Waals surface area contributed by atoms with Gasteiger partial charge >= 0.3 is 0 Å². The van der Waals surface area contributed by atoms with Crippen LogP contribution >= 0.6 is 0 Å². The fourth-order valence-corrected chi connectivity index (χ4v) is 5.16. The molecule has 1 fully saturated rings. The fourth-order valence-electron chi connectivity index (χ4n) is 5.16. The van der Waals surface area contributed by atoms with E-state index in [-0.39, 0.29) is 50.0 Å². The maximum Gasteiger partial charge on any atom is 0.246 e. The first-order chi connectivity index (χ1) is 18.1. The summed E-state index contributed by atoms with van der Waals surface area (Å²) in [5.74, 6) is -1.75. The SMILES string of the molecule is C=CCC1C(=O)N(C(C)(Cc2ccc3ccccc3c2)C(N)=O)CCN1C(=O)C(N)Cc1ccc(F)cc1. The maximum absolute atomic E-state index is 13.8. The second-order valence-electron chi connectivity index (χ2n) is 10.00. The molecule has 4 N–H and O–H groups in total. The highest BCUT2D eigenvalue weighted by Crippen LogP contribution is 2.28. The lowest BCUT2D eigenvalue weighted by Gasteiger charge is -2.47. The Morgan fingerprint density at radius 3 is 2.39 bits per heavy atom. The quantitative estimate of drug-likeness (QED) is 0.426. The molecule has 1 heterocycles. The number of hydrogen-bond acceptors (Lipinski definition) is 4. The predicted molar refractivity (Wildman–Crippen MR) is 145 cm³/mol. The van der Waals surface area contributed by atoms with Gasteiger partial charge in [-0.25, -0.2) is 4.39 Å². The molecule has 0 spiro atoms. The van der Waals surface area contributed by atoms with E-state index in [1.165, 1.54) is 21.9 Å². The molecule has 0 aliphatic carbocycles. The molecule has 0 radical (unpaired) electrons. The molecule has 7 nitrogen and oxygen atoms in total. The van der Waals surface area contributed by atoms with E-state index >= 15 is 0 Å². The standard InChI is InChI=1S/C30H33FN4O3/c1-3-6-26-28(37)35(16-15-34(26)27(36)25(32)18-20-10-13-24(31)14-11-20)30(2,29(33)38)19-21-9-12-22-7-4-5-8-23(22)17-21/h3-5,7-14,17,25-26H,1,6,15-16,18-19,32H2,2H3,(H2,33,38). The molecule has 3 aromatic carbocycles. The van der Waals surface area contributed by atoms with Crippen molar-refractivity contribution >= 4 is 28.5 Å². The Morgan fingerprint density at radius 1 is 1.08 bits per heavy atom. The van der Waals surface area contributed by atoms with Gasteiger partial charge in [0.15, 0.2) is 0 Å². The summed E-state index contributed by atoms with van der Waals surface area (Å²) in [6, 6.07) is 17.8. The fraction of sp³-hybridized carbons (Fsp3) is 0.300. The highest BCUT2D eigenvalue weighted by Gasteiger charge is 2.47. The number of carbonyl (C=O) groups excluding carboxylic acids is 3. The lowest BCUT2D eigenvalue weighted by Crippen LogP contribution is -2.69. The van der Waals surface area contributed by atoms with E-state index in [0.29, 0.717) is 5.56 Å². The number of piperazine rings is 1. The molecular formula is C30H33FN4O3. The summed E-state index contributed by atoms with van der Waals surface area (Å²) in [5, 5.41) is 2.10. The van der Waals surface area contributed by atoms with Crippen molar-refractivity contribution < 1.29 is 18.8 Å². The third-order valence-electron chi connectivity index (χ3n) is 7.34. The first-order valence-corrected chi connectivity index (χ1v) is 12.6. The Balaban J connectivity index is 1.56. The number of hydrogen-bond donors (Lipinski definition) is 2. The summed E-state index contributed by atoms with van der Waals surface area (Å²) < 4.78 is 13.3. The molecule has 0 aromatic heterocycles. The molecule has 3 aromatic rings. The second-order valence-corrected chi connectivity index (χ2v) is 10.00. The van der Waals surface area contributed by atoms with Crippen molar-refractivity contribution in [2.75, 3.05) is 13.1 Å². The molecule has 1 aliphatic heterocycles. The van der Waals surface area contributed by atoms with Crippen LogP contribution in [0, 0.1) is 5.82 Å². The Kier molecular flexibility index (Phi) is 7.92. The minimum absolute atomic E-state index is 0.133. The van der Waals surface area contributed by atoms with Crippen molar-refractivity contribution in [2.24, 2.45) is 11.5 Å². The van der Waals surface area contributed by atoms with Crippen molar-refractivity contribution in [2.45, 2.75) is 43.8 Å². The van der Waals surface area contributed by atoms with E-state index in [9.17, 15) is 18.8 Å².